The predicted molar refractivity (Wildman–Crippen MR) is 96.2 cm³/mol. The van der Waals surface area contributed by atoms with E-state index in [2.05, 4.69) is 11.9 Å². The molecule has 0 bridgehead atoms. The Hall–Kier alpha value is -2.61. The lowest BCUT2D eigenvalue weighted by Gasteiger charge is -2.27. The Morgan fingerprint density at radius 1 is 1.22 bits per heavy atom. The normalized spacial score (nSPS) is 16.0. The fourth-order valence-corrected chi connectivity index (χ4v) is 3.30. The summed E-state index contributed by atoms with van der Waals surface area (Å²) in [6.45, 7) is 3.64. The van der Waals surface area contributed by atoms with Crippen molar-refractivity contribution >= 4 is 17.7 Å². The van der Waals surface area contributed by atoms with E-state index >= 15 is 0 Å². The van der Waals surface area contributed by atoms with Gasteiger partial charge < -0.3 is 14.8 Å². The highest BCUT2D eigenvalue weighted by molar-refractivity contribution is 8.00. The molecule has 0 aromatic heterocycles. The van der Waals surface area contributed by atoms with E-state index in [0.717, 1.165) is 5.56 Å². The van der Waals surface area contributed by atoms with E-state index < -0.39 is 5.51 Å². The van der Waals surface area contributed by atoms with Gasteiger partial charge in [-0.1, -0.05) is 30.8 Å². The maximum Gasteiger partial charge on any atom is 0.446 e. The fourth-order valence-electron chi connectivity index (χ4n) is 2.69. The number of hydrogen-bond acceptors (Lipinski definition) is 4. The third-order valence-corrected chi connectivity index (χ3v) is 4.57. The average Bonchev–Trinajstić information content (AvgIpc) is 2.62. The number of amides is 1. The van der Waals surface area contributed by atoms with Crippen molar-refractivity contribution in [2.24, 2.45) is 0 Å². The molecule has 1 aliphatic rings. The molecule has 1 heterocycles. The number of halogens is 3. The van der Waals surface area contributed by atoms with E-state index in [-0.39, 0.29) is 41.0 Å². The number of hydrogen-bond donors (Lipinski definition) is 1. The highest BCUT2D eigenvalue weighted by Crippen LogP contribution is 2.44. The molecule has 142 valence electrons. The Balaban J connectivity index is 1.82. The lowest BCUT2D eigenvalue weighted by Crippen LogP contribution is -2.42. The maximum absolute atomic E-state index is 12.8. The van der Waals surface area contributed by atoms with Crippen LogP contribution in [0.4, 0.5) is 13.2 Å². The van der Waals surface area contributed by atoms with Crippen LogP contribution in [0.2, 0.25) is 0 Å². The van der Waals surface area contributed by atoms with Gasteiger partial charge in [0.25, 0.3) is 0 Å². The quantitative estimate of drug-likeness (QED) is 0.589. The van der Waals surface area contributed by atoms with Crippen molar-refractivity contribution in [3.63, 3.8) is 0 Å². The molecule has 1 aliphatic heterocycles. The Bertz CT molecular complexity index is 854. The molecular weight excluding hydrogens is 379 g/mol. The Labute approximate surface area is 158 Å². The van der Waals surface area contributed by atoms with Gasteiger partial charge in [0, 0.05) is 5.56 Å². The van der Waals surface area contributed by atoms with Crippen LogP contribution in [0.1, 0.15) is 5.56 Å². The van der Waals surface area contributed by atoms with Crippen LogP contribution in [0.15, 0.2) is 60.0 Å². The summed E-state index contributed by atoms with van der Waals surface area (Å²) in [6.07, 6.45) is 1.70. The molecular formula is C19H16F3NO3S. The van der Waals surface area contributed by atoms with E-state index in [0.29, 0.717) is 17.9 Å². The molecule has 0 fully saturated rings. The molecule has 0 radical (unpaired) electrons. The minimum absolute atomic E-state index is 0.0328. The standard InChI is InChI=1S/C19H16F3NO3S/c1-2-17(24)23-13-10-12-6-5-8-15(18(12)25-11-13)26-14-7-3-4-9-16(14)27-19(20,21)22/h2-9,13H,1,10-11H2,(H,23,24). The van der Waals surface area contributed by atoms with Crippen LogP contribution in [0, 0.1) is 0 Å². The Morgan fingerprint density at radius 3 is 2.70 bits per heavy atom. The first-order chi connectivity index (χ1) is 12.9. The van der Waals surface area contributed by atoms with Gasteiger partial charge in [-0.05, 0) is 42.5 Å². The fraction of sp³-hybridized carbons (Fsp3) is 0.211. The zero-order valence-electron chi connectivity index (χ0n) is 14.1. The molecule has 1 atom stereocenters. The number of para-hydroxylation sites is 2. The van der Waals surface area contributed by atoms with E-state index in [1.54, 1.807) is 18.2 Å². The van der Waals surface area contributed by atoms with Crippen molar-refractivity contribution in [3.05, 3.63) is 60.7 Å². The van der Waals surface area contributed by atoms with Gasteiger partial charge in [-0.3, -0.25) is 4.79 Å². The summed E-state index contributed by atoms with van der Waals surface area (Å²) in [4.78, 5) is 11.4. The van der Waals surface area contributed by atoms with E-state index in [1.165, 1.54) is 24.3 Å². The number of carbonyl (C=O) groups excluding carboxylic acids is 1. The van der Waals surface area contributed by atoms with Gasteiger partial charge in [0.2, 0.25) is 5.91 Å². The van der Waals surface area contributed by atoms with Crippen LogP contribution in [0.5, 0.6) is 17.2 Å². The van der Waals surface area contributed by atoms with Crippen molar-refractivity contribution in [2.45, 2.75) is 22.9 Å². The molecule has 1 amide bonds. The molecule has 0 spiro atoms. The van der Waals surface area contributed by atoms with Gasteiger partial charge in [-0.15, -0.1) is 0 Å². The Kier molecular flexibility index (Phi) is 5.65. The first kappa shape index (κ1) is 19.2. The van der Waals surface area contributed by atoms with Gasteiger partial charge in [-0.25, -0.2) is 0 Å². The first-order valence-electron chi connectivity index (χ1n) is 8.06. The van der Waals surface area contributed by atoms with Crippen molar-refractivity contribution in [3.8, 4) is 17.2 Å². The van der Waals surface area contributed by atoms with E-state index in [4.69, 9.17) is 9.47 Å². The number of ether oxygens (including phenoxy) is 2. The third kappa shape index (κ3) is 4.97. The van der Waals surface area contributed by atoms with Crippen LogP contribution < -0.4 is 14.8 Å². The molecule has 0 saturated heterocycles. The van der Waals surface area contributed by atoms with Crippen LogP contribution >= 0.6 is 11.8 Å². The molecule has 2 aromatic rings. The molecule has 4 nitrogen and oxygen atoms in total. The average molecular weight is 395 g/mol. The lowest BCUT2D eigenvalue weighted by molar-refractivity contribution is -0.117. The van der Waals surface area contributed by atoms with Gasteiger partial charge in [0.15, 0.2) is 11.5 Å². The minimum Gasteiger partial charge on any atom is -0.487 e. The molecule has 27 heavy (non-hydrogen) atoms. The number of thioether (sulfide) groups is 1. The Morgan fingerprint density at radius 2 is 1.96 bits per heavy atom. The number of carbonyl (C=O) groups is 1. The summed E-state index contributed by atoms with van der Waals surface area (Å²) < 4.78 is 49.7. The summed E-state index contributed by atoms with van der Waals surface area (Å²) in [5.41, 5.74) is -3.61. The molecule has 0 aliphatic carbocycles. The van der Waals surface area contributed by atoms with Crippen LogP contribution in [0.3, 0.4) is 0 Å². The second-order valence-electron chi connectivity index (χ2n) is 5.77. The number of rotatable bonds is 5. The number of fused-ring (bicyclic) bond motifs is 1. The molecule has 1 unspecified atom stereocenters. The van der Waals surface area contributed by atoms with Crippen LogP contribution in [-0.4, -0.2) is 24.1 Å². The van der Waals surface area contributed by atoms with Crippen LogP contribution in [0.25, 0.3) is 0 Å². The summed E-state index contributed by atoms with van der Waals surface area (Å²) in [5.74, 6) is 0.598. The van der Waals surface area contributed by atoms with Crippen molar-refractivity contribution in [2.75, 3.05) is 6.61 Å². The van der Waals surface area contributed by atoms with Gasteiger partial charge in [-0.2, -0.15) is 13.2 Å². The molecule has 8 heteroatoms. The molecule has 1 N–H and O–H groups in total. The number of alkyl halides is 3. The van der Waals surface area contributed by atoms with Crippen LogP contribution in [-0.2, 0) is 11.2 Å². The van der Waals surface area contributed by atoms with Gasteiger partial charge in [0.1, 0.15) is 12.4 Å². The number of nitrogens with one attached hydrogen (secondary N) is 1. The topological polar surface area (TPSA) is 47.6 Å². The zero-order valence-corrected chi connectivity index (χ0v) is 14.9. The largest absolute Gasteiger partial charge is 0.487 e. The molecule has 2 aromatic carbocycles. The second kappa shape index (κ2) is 7.96. The highest BCUT2D eigenvalue weighted by atomic mass is 32.2. The van der Waals surface area contributed by atoms with Crippen molar-refractivity contribution < 1.29 is 27.4 Å². The molecule has 3 rings (SSSR count). The monoisotopic (exact) mass is 395 g/mol. The van der Waals surface area contributed by atoms with Gasteiger partial charge in [0.05, 0.1) is 10.9 Å². The maximum atomic E-state index is 12.8. The smallest absolute Gasteiger partial charge is 0.446 e. The second-order valence-corrected chi connectivity index (χ2v) is 6.87. The summed E-state index contributed by atoms with van der Waals surface area (Å²) >= 11 is -0.229. The predicted octanol–water partition coefficient (Wildman–Crippen LogP) is 4.70. The zero-order chi connectivity index (χ0) is 19.4. The SMILES string of the molecule is C=CC(=O)NC1COc2c(cccc2Oc2ccccc2SC(F)(F)F)C1. The van der Waals surface area contributed by atoms with Crippen molar-refractivity contribution in [1.82, 2.24) is 5.32 Å². The first-order valence-corrected chi connectivity index (χ1v) is 8.87. The summed E-state index contributed by atoms with van der Waals surface area (Å²) in [5, 5.41) is 2.76. The number of benzene rings is 2. The minimum atomic E-state index is -4.41. The lowest BCUT2D eigenvalue weighted by atomic mass is 10.0. The van der Waals surface area contributed by atoms with Crippen molar-refractivity contribution in [1.29, 1.82) is 0 Å². The third-order valence-electron chi connectivity index (χ3n) is 3.78. The summed E-state index contributed by atoms with van der Waals surface area (Å²) in [6, 6.07) is 10.9. The highest BCUT2D eigenvalue weighted by Gasteiger charge is 2.31. The molecule has 0 saturated carbocycles. The van der Waals surface area contributed by atoms with E-state index in [9.17, 15) is 18.0 Å². The summed E-state index contributed by atoms with van der Waals surface area (Å²) in [7, 11) is 0. The van der Waals surface area contributed by atoms with E-state index in [1.807, 2.05) is 6.07 Å². The van der Waals surface area contributed by atoms with Gasteiger partial charge >= 0.3 is 5.51 Å².